The minimum atomic E-state index is -0.123. The van der Waals surface area contributed by atoms with Gasteiger partial charge in [0.1, 0.15) is 5.82 Å². The maximum Gasteiger partial charge on any atom is 0.191 e. The third-order valence-electron chi connectivity index (χ3n) is 3.78. The molecule has 6 heteroatoms. The van der Waals surface area contributed by atoms with Gasteiger partial charge >= 0.3 is 0 Å². The molecular weight excluding hydrogens is 396 g/mol. The summed E-state index contributed by atoms with van der Waals surface area (Å²) >= 11 is 0. The maximum atomic E-state index is 13.9. The highest BCUT2D eigenvalue weighted by Gasteiger charge is 2.45. The number of nitrogens with zero attached hydrogens (tertiary/aromatic N) is 1. The average Bonchev–Trinajstić information content (AvgIpc) is 3.26. The second-order valence-corrected chi connectivity index (χ2v) is 5.37. The van der Waals surface area contributed by atoms with Crippen LogP contribution in [-0.4, -0.2) is 39.3 Å². The van der Waals surface area contributed by atoms with E-state index < -0.39 is 0 Å². The predicted molar refractivity (Wildman–Crippen MR) is 98.6 cm³/mol. The average molecular weight is 421 g/mol. The molecule has 2 rings (SSSR count). The Hall–Kier alpha value is -0.890. The lowest BCUT2D eigenvalue weighted by Crippen LogP contribution is -2.39. The van der Waals surface area contributed by atoms with Crippen LogP contribution in [0.1, 0.15) is 25.3 Å². The highest BCUT2D eigenvalue weighted by Crippen LogP contribution is 2.49. The molecule has 0 atom stereocenters. The number of aliphatic imine (C=N–C) groups is 1. The van der Waals surface area contributed by atoms with E-state index in [1.807, 2.05) is 19.1 Å². The number of methoxy groups -OCH3 is 1. The summed E-state index contributed by atoms with van der Waals surface area (Å²) in [7, 11) is 1.67. The lowest BCUT2D eigenvalue weighted by molar-refractivity contribution is 0.203. The number of ether oxygens (including phenoxy) is 1. The van der Waals surface area contributed by atoms with E-state index >= 15 is 0 Å². The molecule has 1 fully saturated rings. The number of nitrogens with one attached hydrogen (secondary N) is 2. The van der Waals surface area contributed by atoms with Crippen LogP contribution in [0.5, 0.6) is 0 Å². The second-order valence-electron chi connectivity index (χ2n) is 5.37. The monoisotopic (exact) mass is 421 g/mol. The molecule has 124 valence electrons. The van der Waals surface area contributed by atoms with Gasteiger partial charge in [-0.15, -0.1) is 24.0 Å². The van der Waals surface area contributed by atoms with Crippen molar-refractivity contribution >= 4 is 29.9 Å². The molecule has 2 N–H and O–H groups in total. The van der Waals surface area contributed by atoms with E-state index in [9.17, 15) is 4.39 Å². The van der Waals surface area contributed by atoms with E-state index in [-0.39, 0.29) is 35.2 Å². The number of hydrogen-bond acceptors (Lipinski definition) is 2. The molecule has 1 saturated carbocycles. The maximum absolute atomic E-state index is 13.9. The van der Waals surface area contributed by atoms with Crippen LogP contribution in [0.3, 0.4) is 0 Å². The first-order valence-electron chi connectivity index (χ1n) is 7.48. The van der Waals surface area contributed by atoms with Crippen molar-refractivity contribution in [3.05, 3.63) is 35.6 Å². The van der Waals surface area contributed by atoms with Crippen molar-refractivity contribution in [1.82, 2.24) is 10.6 Å². The van der Waals surface area contributed by atoms with Gasteiger partial charge in [0.05, 0.1) is 13.2 Å². The van der Waals surface area contributed by atoms with Crippen LogP contribution >= 0.6 is 24.0 Å². The minimum absolute atomic E-state index is 0. The van der Waals surface area contributed by atoms with Gasteiger partial charge in [-0.2, -0.15) is 0 Å². The van der Waals surface area contributed by atoms with Gasteiger partial charge in [0.15, 0.2) is 5.96 Å². The van der Waals surface area contributed by atoms with Crippen LogP contribution in [0.4, 0.5) is 4.39 Å². The Morgan fingerprint density at radius 2 is 2.05 bits per heavy atom. The van der Waals surface area contributed by atoms with Crippen LogP contribution in [0.25, 0.3) is 0 Å². The molecule has 0 heterocycles. The molecule has 22 heavy (non-hydrogen) atoms. The molecule has 1 aromatic rings. The third-order valence-corrected chi connectivity index (χ3v) is 3.78. The lowest BCUT2D eigenvalue weighted by atomic mass is 9.95. The zero-order chi connectivity index (χ0) is 15.1. The first kappa shape index (κ1) is 19.2. The summed E-state index contributed by atoms with van der Waals surface area (Å²) in [5, 5.41) is 6.41. The summed E-state index contributed by atoms with van der Waals surface area (Å²) in [4.78, 5) is 4.61. The summed E-state index contributed by atoms with van der Waals surface area (Å²) in [6.45, 7) is 4.76. The molecule has 0 unspecified atom stereocenters. The zero-order valence-electron chi connectivity index (χ0n) is 13.2. The minimum Gasteiger partial charge on any atom is -0.383 e. The Morgan fingerprint density at radius 1 is 1.32 bits per heavy atom. The molecule has 1 aromatic carbocycles. The molecule has 1 aliphatic rings. The van der Waals surface area contributed by atoms with E-state index in [4.69, 9.17) is 4.74 Å². The van der Waals surface area contributed by atoms with E-state index in [1.54, 1.807) is 13.2 Å². The third kappa shape index (κ3) is 5.08. The van der Waals surface area contributed by atoms with Crippen LogP contribution in [0.2, 0.25) is 0 Å². The number of rotatable bonds is 7. The largest absolute Gasteiger partial charge is 0.383 e. The highest BCUT2D eigenvalue weighted by molar-refractivity contribution is 14.0. The van der Waals surface area contributed by atoms with Gasteiger partial charge in [-0.1, -0.05) is 18.2 Å². The number of benzene rings is 1. The fourth-order valence-electron chi connectivity index (χ4n) is 2.40. The van der Waals surface area contributed by atoms with Crippen molar-refractivity contribution in [1.29, 1.82) is 0 Å². The summed E-state index contributed by atoms with van der Waals surface area (Å²) in [6.07, 6.45) is 1.99. The van der Waals surface area contributed by atoms with Crippen molar-refractivity contribution in [2.75, 3.05) is 33.4 Å². The molecule has 4 nitrogen and oxygen atoms in total. The summed E-state index contributed by atoms with van der Waals surface area (Å²) in [5.41, 5.74) is 0.677. The van der Waals surface area contributed by atoms with Gasteiger partial charge in [0.2, 0.25) is 0 Å². The summed E-state index contributed by atoms with van der Waals surface area (Å²) in [5.74, 6) is 0.639. The number of guanidine groups is 1. The van der Waals surface area contributed by atoms with Gasteiger partial charge in [0, 0.05) is 25.6 Å². The van der Waals surface area contributed by atoms with E-state index in [0.717, 1.165) is 30.9 Å². The molecule has 1 aliphatic carbocycles. The normalized spacial score (nSPS) is 15.9. The van der Waals surface area contributed by atoms with Crippen LogP contribution < -0.4 is 10.6 Å². The first-order valence-corrected chi connectivity index (χ1v) is 7.48. The smallest absolute Gasteiger partial charge is 0.191 e. The number of halogens is 2. The molecule has 0 amide bonds. The Morgan fingerprint density at radius 3 is 2.64 bits per heavy atom. The SMILES string of the molecule is CCNC(=NCC1(c2ccccc2F)CC1)NCCOC.I. The van der Waals surface area contributed by atoms with E-state index in [1.165, 1.54) is 6.07 Å². The van der Waals surface area contributed by atoms with Crippen molar-refractivity contribution < 1.29 is 9.13 Å². The van der Waals surface area contributed by atoms with Crippen molar-refractivity contribution in [3.8, 4) is 0 Å². The molecular formula is C16H25FIN3O. The van der Waals surface area contributed by atoms with Gasteiger partial charge in [-0.05, 0) is 31.4 Å². The van der Waals surface area contributed by atoms with Crippen molar-refractivity contribution in [2.45, 2.75) is 25.2 Å². The Balaban J connectivity index is 0.00000242. The standard InChI is InChI=1S/C16H24FN3O.HI/c1-3-18-15(19-10-11-21-2)20-12-16(8-9-16)13-6-4-5-7-14(13)17;/h4-7H,3,8-12H2,1-2H3,(H2,18,19,20);1H. The van der Waals surface area contributed by atoms with Gasteiger partial charge in [-0.3, -0.25) is 4.99 Å². The first-order chi connectivity index (χ1) is 10.2. The molecule has 0 aliphatic heterocycles. The second kappa shape index (κ2) is 9.29. The van der Waals surface area contributed by atoms with Crippen molar-refractivity contribution in [2.24, 2.45) is 4.99 Å². The predicted octanol–water partition coefficient (Wildman–Crippen LogP) is 2.68. The highest BCUT2D eigenvalue weighted by atomic mass is 127. The van der Waals surface area contributed by atoms with Gasteiger partial charge < -0.3 is 15.4 Å². The topological polar surface area (TPSA) is 45.7 Å². The van der Waals surface area contributed by atoms with Crippen LogP contribution in [-0.2, 0) is 10.2 Å². The van der Waals surface area contributed by atoms with Gasteiger partial charge in [-0.25, -0.2) is 4.39 Å². The Bertz CT molecular complexity index is 492. The molecule has 0 saturated heterocycles. The van der Waals surface area contributed by atoms with Crippen LogP contribution in [0, 0.1) is 5.82 Å². The molecule has 0 bridgehead atoms. The van der Waals surface area contributed by atoms with Gasteiger partial charge in [0.25, 0.3) is 0 Å². The molecule has 0 aromatic heterocycles. The summed E-state index contributed by atoms with van der Waals surface area (Å²) in [6, 6.07) is 7.03. The number of hydrogen-bond donors (Lipinski definition) is 2. The van der Waals surface area contributed by atoms with E-state index in [0.29, 0.717) is 19.7 Å². The lowest BCUT2D eigenvalue weighted by Gasteiger charge is -2.16. The Kier molecular flexibility index (Phi) is 8.09. The summed E-state index contributed by atoms with van der Waals surface area (Å²) < 4.78 is 19.0. The van der Waals surface area contributed by atoms with E-state index in [2.05, 4.69) is 15.6 Å². The fraction of sp³-hybridized carbons (Fsp3) is 0.562. The zero-order valence-corrected chi connectivity index (χ0v) is 15.5. The molecule has 0 spiro atoms. The molecule has 0 radical (unpaired) electrons. The fourth-order valence-corrected chi connectivity index (χ4v) is 2.40. The quantitative estimate of drug-likeness (QED) is 0.308. The van der Waals surface area contributed by atoms with Crippen molar-refractivity contribution in [3.63, 3.8) is 0 Å². The Labute approximate surface area is 148 Å². The van der Waals surface area contributed by atoms with Crippen LogP contribution in [0.15, 0.2) is 29.3 Å².